The number of halogens is 1. The molecule has 0 bridgehead atoms. The lowest BCUT2D eigenvalue weighted by atomic mass is 10.0. The van der Waals surface area contributed by atoms with Crippen LogP contribution in [0.25, 0.3) is 0 Å². The van der Waals surface area contributed by atoms with E-state index in [1.165, 1.54) is 17.2 Å². The molecule has 0 fully saturated rings. The minimum absolute atomic E-state index is 0.146. The van der Waals surface area contributed by atoms with E-state index in [1.54, 1.807) is 17.8 Å². The van der Waals surface area contributed by atoms with Crippen LogP contribution in [0.2, 0.25) is 0 Å². The first kappa shape index (κ1) is 14.1. The van der Waals surface area contributed by atoms with E-state index < -0.39 is 0 Å². The number of rotatable bonds is 5. The van der Waals surface area contributed by atoms with E-state index in [4.69, 9.17) is 0 Å². The van der Waals surface area contributed by atoms with Gasteiger partial charge in [0, 0.05) is 16.7 Å². The fourth-order valence-electron chi connectivity index (χ4n) is 2.04. The van der Waals surface area contributed by atoms with E-state index in [1.807, 2.05) is 31.3 Å². The Morgan fingerprint density at radius 3 is 2.47 bits per heavy atom. The summed E-state index contributed by atoms with van der Waals surface area (Å²) in [5, 5.41) is 3.31. The van der Waals surface area contributed by atoms with Gasteiger partial charge in [-0.2, -0.15) is 0 Å². The Morgan fingerprint density at radius 1 is 1.11 bits per heavy atom. The SMILES string of the molecule is CNC(CSc1ccccc1F)c1ccccc1C. The summed E-state index contributed by atoms with van der Waals surface area (Å²) in [5.74, 6) is 0.662. The van der Waals surface area contributed by atoms with Crippen LogP contribution in [0.3, 0.4) is 0 Å². The van der Waals surface area contributed by atoms with Crippen molar-refractivity contribution < 1.29 is 4.39 Å². The molecule has 2 aromatic rings. The molecule has 0 spiro atoms. The molecule has 1 atom stereocenters. The van der Waals surface area contributed by atoms with E-state index in [9.17, 15) is 4.39 Å². The summed E-state index contributed by atoms with van der Waals surface area (Å²) in [6.45, 7) is 2.10. The molecule has 0 radical (unpaired) electrons. The van der Waals surface area contributed by atoms with E-state index in [-0.39, 0.29) is 11.9 Å². The molecule has 0 amide bonds. The van der Waals surface area contributed by atoms with Gasteiger partial charge in [-0.3, -0.25) is 0 Å². The third kappa shape index (κ3) is 3.58. The van der Waals surface area contributed by atoms with Gasteiger partial charge in [0.1, 0.15) is 5.82 Å². The second kappa shape index (κ2) is 6.73. The zero-order valence-corrected chi connectivity index (χ0v) is 12.0. The van der Waals surface area contributed by atoms with Crippen molar-refractivity contribution in [3.8, 4) is 0 Å². The number of thioether (sulfide) groups is 1. The molecule has 0 aliphatic heterocycles. The van der Waals surface area contributed by atoms with Crippen LogP contribution >= 0.6 is 11.8 Å². The summed E-state index contributed by atoms with van der Waals surface area (Å²) in [6.07, 6.45) is 0. The molecule has 0 aliphatic rings. The van der Waals surface area contributed by atoms with Crippen LogP contribution < -0.4 is 5.32 Å². The second-order valence-corrected chi connectivity index (χ2v) is 5.50. The molecule has 2 rings (SSSR count). The lowest BCUT2D eigenvalue weighted by Gasteiger charge is -2.18. The highest BCUT2D eigenvalue weighted by molar-refractivity contribution is 7.99. The van der Waals surface area contributed by atoms with Crippen molar-refractivity contribution in [1.29, 1.82) is 0 Å². The highest BCUT2D eigenvalue weighted by Gasteiger charge is 2.12. The van der Waals surface area contributed by atoms with Crippen LogP contribution in [0, 0.1) is 12.7 Å². The first-order chi connectivity index (χ1) is 9.22. The first-order valence-corrected chi connectivity index (χ1v) is 7.31. The largest absolute Gasteiger partial charge is 0.312 e. The average Bonchev–Trinajstić information content (AvgIpc) is 2.43. The lowest BCUT2D eigenvalue weighted by Crippen LogP contribution is -2.19. The standard InChI is InChI=1S/C16H18FNS/c1-12-7-3-4-8-13(12)15(18-2)11-19-16-10-6-5-9-14(16)17/h3-10,15,18H,11H2,1-2H3. The van der Waals surface area contributed by atoms with Crippen LogP contribution in [-0.2, 0) is 0 Å². The maximum absolute atomic E-state index is 13.6. The van der Waals surface area contributed by atoms with Crippen molar-refractivity contribution >= 4 is 11.8 Å². The predicted octanol–water partition coefficient (Wildman–Crippen LogP) is 4.19. The van der Waals surface area contributed by atoms with Gasteiger partial charge in [-0.25, -0.2) is 4.39 Å². The molecule has 0 saturated carbocycles. The molecule has 1 N–H and O–H groups in total. The van der Waals surface area contributed by atoms with Gasteiger partial charge in [-0.05, 0) is 37.2 Å². The van der Waals surface area contributed by atoms with Gasteiger partial charge in [-0.1, -0.05) is 36.4 Å². The van der Waals surface area contributed by atoms with Crippen molar-refractivity contribution in [3.63, 3.8) is 0 Å². The molecule has 1 unspecified atom stereocenters. The van der Waals surface area contributed by atoms with Gasteiger partial charge in [0.25, 0.3) is 0 Å². The maximum atomic E-state index is 13.6. The Kier molecular flexibility index (Phi) is 5.00. The Labute approximate surface area is 118 Å². The molecule has 2 aromatic carbocycles. The second-order valence-electron chi connectivity index (χ2n) is 4.44. The number of aryl methyl sites for hydroxylation is 1. The quantitative estimate of drug-likeness (QED) is 0.821. The minimum Gasteiger partial charge on any atom is -0.312 e. The third-order valence-corrected chi connectivity index (χ3v) is 4.30. The van der Waals surface area contributed by atoms with Crippen LogP contribution in [0.1, 0.15) is 17.2 Å². The van der Waals surface area contributed by atoms with Crippen molar-refractivity contribution in [3.05, 3.63) is 65.5 Å². The van der Waals surface area contributed by atoms with Crippen molar-refractivity contribution in [2.45, 2.75) is 17.9 Å². The van der Waals surface area contributed by atoms with Crippen LogP contribution in [0.4, 0.5) is 4.39 Å². The molecule has 0 aromatic heterocycles. The highest BCUT2D eigenvalue weighted by Crippen LogP contribution is 2.27. The Bertz CT molecular complexity index is 542. The Hall–Kier alpha value is -1.32. The molecular weight excluding hydrogens is 257 g/mol. The molecule has 0 aliphatic carbocycles. The van der Waals surface area contributed by atoms with Gasteiger partial charge >= 0.3 is 0 Å². The lowest BCUT2D eigenvalue weighted by molar-refractivity contribution is 0.600. The number of hydrogen-bond acceptors (Lipinski definition) is 2. The molecular formula is C16H18FNS. The van der Waals surface area contributed by atoms with Crippen LogP contribution in [-0.4, -0.2) is 12.8 Å². The van der Waals surface area contributed by atoms with Crippen molar-refractivity contribution in [1.82, 2.24) is 5.32 Å². The molecule has 100 valence electrons. The molecule has 0 saturated heterocycles. The highest BCUT2D eigenvalue weighted by atomic mass is 32.2. The van der Waals surface area contributed by atoms with E-state index in [0.717, 1.165) is 5.75 Å². The fourth-order valence-corrected chi connectivity index (χ4v) is 3.11. The predicted molar refractivity (Wildman–Crippen MR) is 80.1 cm³/mol. The monoisotopic (exact) mass is 275 g/mol. The summed E-state index contributed by atoms with van der Waals surface area (Å²) >= 11 is 1.55. The summed E-state index contributed by atoms with van der Waals surface area (Å²) in [7, 11) is 1.94. The molecule has 1 nitrogen and oxygen atoms in total. The average molecular weight is 275 g/mol. The minimum atomic E-state index is -0.146. The van der Waals surface area contributed by atoms with Crippen LogP contribution in [0.5, 0.6) is 0 Å². The van der Waals surface area contributed by atoms with Crippen LogP contribution in [0.15, 0.2) is 53.4 Å². The smallest absolute Gasteiger partial charge is 0.136 e. The van der Waals surface area contributed by atoms with Gasteiger partial charge in [0.2, 0.25) is 0 Å². The zero-order chi connectivity index (χ0) is 13.7. The van der Waals surface area contributed by atoms with Crippen molar-refractivity contribution in [2.75, 3.05) is 12.8 Å². The topological polar surface area (TPSA) is 12.0 Å². The summed E-state index contributed by atoms with van der Waals surface area (Å²) in [6, 6.07) is 15.5. The Morgan fingerprint density at radius 2 is 1.79 bits per heavy atom. The van der Waals surface area contributed by atoms with E-state index in [2.05, 4.69) is 24.4 Å². The summed E-state index contributed by atoms with van der Waals surface area (Å²) in [4.78, 5) is 0.705. The number of hydrogen-bond donors (Lipinski definition) is 1. The molecule has 19 heavy (non-hydrogen) atoms. The Balaban J connectivity index is 2.09. The third-order valence-electron chi connectivity index (χ3n) is 3.15. The maximum Gasteiger partial charge on any atom is 0.136 e. The zero-order valence-electron chi connectivity index (χ0n) is 11.2. The van der Waals surface area contributed by atoms with Gasteiger partial charge < -0.3 is 5.32 Å². The van der Waals surface area contributed by atoms with E-state index >= 15 is 0 Å². The first-order valence-electron chi connectivity index (χ1n) is 6.32. The summed E-state index contributed by atoms with van der Waals surface area (Å²) in [5.41, 5.74) is 2.53. The number of benzene rings is 2. The molecule has 3 heteroatoms. The van der Waals surface area contributed by atoms with Gasteiger partial charge in [0.05, 0.1) is 0 Å². The molecule has 0 heterocycles. The normalized spacial score (nSPS) is 12.4. The number of nitrogens with one attached hydrogen (secondary N) is 1. The van der Waals surface area contributed by atoms with Gasteiger partial charge in [0.15, 0.2) is 0 Å². The summed E-state index contributed by atoms with van der Waals surface area (Å²) < 4.78 is 13.6. The van der Waals surface area contributed by atoms with E-state index in [0.29, 0.717) is 4.90 Å². The van der Waals surface area contributed by atoms with Gasteiger partial charge in [-0.15, -0.1) is 11.8 Å². The van der Waals surface area contributed by atoms with Crippen molar-refractivity contribution in [2.24, 2.45) is 0 Å². The fraction of sp³-hybridized carbons (Fsp3) is 0.250.